The Morgan fingerprint density at radius 1 is 1.03 bits per heavy atom. The molecule has 1 fully saturated rings. The summed E-state index contributed by atoms with van der Waals surface area (Å²) < 4.78 is 13.3. The first kappa shape index (κ1) is 20.6. The van der Waals surface area contributed by atoms with Crippen LogP contribution in [0.25, 0.3) is 11.3 Å². The molecule has 0 amide bonds. The molecule has 156 valence electrons. The summed E-state index contributed by atoms with van der Waals surface area (Å²) in [4.78, 5) is 11.7. The topological polar surface area (TPSA) is 41.1 Å². The second-order valence-electron chi connectivity index (χ2n) is 7.92. The third-order valence-corrected chi connectivity index (χ3v) is 5.75. The lowest BCUT2D eigenvalue weighted by Gasteiger charge is -2.37. The van der Waals surface area contributed by atoms with Crippen LogP contribution in [0.4, 0.5) is 4.39 Å². The molecule has 0 radical (unpaired) electrons. The average Bonchev–Trinajstić information content (AvgIpc) is 2.72. The molecule has 1 aliphatic rings. The van der Waals surface area contributed by atoms with Crippen LogP contribution in [0, 0.1) is 5.82 Å². The van der Waals surface area contributed by atoms with Gasteiger partial charge in [0, 0.05) is 43.9 Å². The van der Waals surface area contributed by atoms with E-state index in [0.29, 0.717) is 6.04 Å². The van der Waals surface area contributed by atoms with Gasteiger partial charge in [0.1, 0.15) is 11.6 Å². The fraction of sp³-hybridized carbons (Fsp3) is 0.360. The SMILES string of the molecule is CCN(Cc1cccc(-c2ccnc(CCCc3cccc(F)c3)n2)c1)C1CNC1. The Balaban J connectivity index is 1.40. The lowest BCUT2D eigenvalue weighted by molar-refractivity contribution is 0.145. The van der Waals surface area contributed by atoms with Crippen molar-refractivity contribution in [1.82, 2.24) is 20.2 Å². The van der Waals surface area contributed by atoms with Crippen molar-refractivity contribution in [3.63, 3.8) is 0 Å². The van der Waals surface area contributed by atoms with E-state index in [1.807, 2.05) is 18.3 Å². The number of benzene rings is 2. The van der Waals surface area contributed by atoms with Gasteiger partial charge in [0.15, 0.2) is 0 Å². The molecule has 0 aliphatic carbocycles. The first-order valence-corrected chi connectivity index (χ1v) is 10.8. The molecule has 4 nitrogen and oxygen atoms in total. The predicted molar refractivity (Wildman–Crippen MR) is 119 cm³/mol. The predicted octanol–water partition coefficient (Wildman–Crippen LogP) is 4.25. The second-order valence-corrected chi connectivity index (χ2v) is 7.92. The third-order valence-electron chi connectivity index (χ3n) is 5.75. The fourth-order valence-electron chi connectivity index (χ4n) is 3.92. The van der Waals surface area contributed by atoms with E-state index in [1.54, 1.807) is 12.1 Å². The Morgan fingerprint density at radius 3 is 2.63 bits per heavy atom. The van der Waals surface area contributed by atoms with Gasteiger partial charge >= 0.3 is 0 Å². The van der Waals surface area contributed by atoms with Gasteiger partial charge in [0.2, 0.25) is 0 Å². The Hall–Kier alpha value is -2.63. The van der Waals surface area contributed by atoms with Crippen LogP contribution < -0.4 is 5.32 Å². The van der Waals surface area contributed by atoms with Gasteiger partial charge in [-0.3, -0.25) is 4.90 Å². The van der Waals surface area contributed by atoms with E-state index in [1.165, 1.54) is 11.6 Å². The minimum Gasteiger partial charge on any atom is -0.314 e. The molecule has 0 spiro atoms. The monoisotopic (exact) mass is 404 g/mol. The van der Waals surface area contributed by atoms with Crippen molar-refractivity contribution in [3.8, 4) is 11.3 Å². The first-order chi connectivity index (χ1) is 14.7. The molecule has 2 heterocycles. The zero-order chi connectivity index (χ0) is 20.8. The Kier molecular flexibility index (Phi) is 6.82. The number of hydrogen-bond acceptors (Lipinski definition) is 4. The van der Waals surface area contributed by atoms with Gasteiger partial charge in [-0.25, -0.2) is 14.4 Å². The zero-order valence-electron chi connectivity index (χ0n) is 17.5. The van der Waals surface area contributed by atoms with Crippen LogP contribution in [-0.2, 0) is 19.4 Å². The van der Waals surface area contributed by atoms with Crippen molar-refractivity contribution in [1.29, 1.82) is 0 Å². The van der Waals surface area contributed by atoms with E-state index < -0.39 is 0 Å². The van der Waals surface area contributed by atoms with Gasteiger partial charge in [-0.05, 0) is 54.8 Å². The number of nitrogens with zero attached hydrogens (tertiary/aromatic N) is 3. The van der Waals surface area contributed by atoms with E-state index in [2.05, 4.69) is 46.4 Å². The Morgan fingerprint density at radius 2 is 1.87 bits per heavy atom. The molecular formula is C25H29FN4. The molecule has 3 aromatic rings. The number of hydrogen-bond donors (Lipinski definition) is 1. The largest absolute Gasteiger partial charge is 0.314 e. The maximum absolute atomic E-state index is 13.3. The molecule has 1 aromatic heterocycles. The van der Waals surface area contributed by atoms with Gasteiger partial charge < -0.3 is 5.32 Å². The molecule has 1 aliphatic heterocycles. The van der Waals surface area contributed by atoms with E-state index in [9.17, 15) is 4.39 Å². The van der Waals surface area contributed by atoms with Crippen LogP contribution in [0.3, 0.4) is 0 Å². The normalized spacial score (nSPS) is 14.1. The smallest absolute Gasteiger partial charge is 0.128 e. The summed E-state index contributed by atoms with van der Waals surface area (Å²) >= 11 is 0. The van der Waals surface area contributed by atoms with Crippen molar-refractivity contribution in [2.45, 2.75) is 38.8 Å². The number of likely N-dealkylation sites (N-methyl/N-ethyl adjacent to an activating group) is 1. The maximum atomic E-state index is 13.3. The second kappa shape index (κ2) is 9.92. The van der Waals surface area contributed by atoms with Crippen molar-refractivity contribution in [3.05, 3.63) is 83.6 Å². The average molecular weight is 405 g/mol. The zero-order valence-corrected chi connectivity index (χ0v) is 17.5. The highest BCUT2D eigenvalue weighted by atomic mass is 19.1. The van der Waals surface area contributed by atoms with Gasteiger partial charge in [0.05, 0.1) is 5.69 Å². The van der Waals surface area contributed by atoms with Crippen LogP contribution in [-0.4, -0.2) is 40.5 Å². The molecule has 0 bridgehead atoms. The van der Waals surface area contributed by atoms with E-state index >= 15 is 0 Å². The number of nitrogens with one attached hydrogen (secondary N) is 1. The van der Waals surface area contributed by atoms with Crippen LogP contribution >= 0.6 is 0 Å². The molecule has 30 heavy (non-hydrogen) atoms. The summed E-state index contributed by atoms with van der Waals surface area (Å²) in [6, 6.07) is 18.1. The number of halogens is 1. The number of aryl methyl sites for hydroxylation is 2. The summed E-state index contributed by atoms with van der Waals surface area (Å²) in [6.07, 6.45) is 4.34. The standard InChI is InChI=1S/C25H29FN4/c1-2-30(23-16-27-17-23)18-20-8-3-9-21(14-20)24-12-13-28-25(29-24)11-5-7-19-6-4-10-22(26)15-19/h3-4,6,8-10,12-15,23,27H,2,5,7,11,16-18H2,1H3. The highest BCUT2D eigenvalue weighted by Gasteiger charge is 2.23. The highest BCUT2D eigenvalue weighted by molar-refractivity contribution is 5.59. The summed E-state index contributed by atoms with van der Waals surface area (Å²) in [6.45, 7) is 6.40. The van der Waals surface area contributed by atoms with Crippen molar-refractivity contribution in [2.75, 3.05) is 19.6 Å². The van der Waals surface area contributed by atoms with Crippen molar-refractivity contribution in [2.24, 2.45) is 0 Å². The van der Waals surface area contributed by atoms with E-state index in [4.69, 9.17) is 4.98 Å². The van der Waals surface area contributed by atoms with Crippen LogP contribution in [0.15, 0.2) is 60.8 Å². The molecule has 4 rings (SSSR count). The van der Waals surface area contributed by atoms with Crippen molar-refractivity contribution >= 4 is 0 Å². The lowest BCUT2D eigenvalue weighted by atomic mass is 10.0. The number of aromatic nitrogens is 2. The third kappa shape index (κ3) is 5.29. The van der Waals surface area contributed by atoms with Crippen molar-refractivity contribution < 1.29 is 4.39 Å². The summed E-state index contributed by atoms with van der Waals surface area (Å²) in [5.41, 5.74) is 4.42. The maximum Gasteiger partial charge on any atom is 0.128 e. The summed E-state index contributed by atoms with van der Waals surface area (Å²) in [5.74, 6) is 0.658. The van der Waals surface area contributed by atoms with E-state index in [0.717, 1.165) is 68.1 Å². The van der Waals surface area contributed by atoms with E-state index in [-0.39, 0.29) is 5.82 Å². The molecule has 1 N–H and O–H groups in total. The molecule has 0 unspecified atom stereocenters. The van der Waals surface area contributed by atoms with Gasteiger partial charge in [0.25, 0.3) is 0 Å². The highest BCUT2D eigenvalue weighted by Crippen LogP contribution is 2.20. The fourth-order valence-corrected chi connectivity index (χ4v) is 3.92. The lowest BCUT2D eigenvalue weighted by Crippen LogP contribution is -2.56. The van der Waals surface area contributed by atoms with Crippen LogP contribution in [0.5, 0.6) is 0 Å². The Labute approximate surface area is 178 Å². The molecule has 2 aromatic carbocycles. The summed E-state index contributed by atoms with van der Waals surface area (Å²) in [7, 11) is 0. The first-order valence-electron chi connectivity index (χ1n) is 10.8. The van der Waals surface area contributed by atoms with Crippen LogP contribution in [0.2, 0.25) is 0 Å². The van der Waals surface area contributed by atoms with Gasteiger partial charge in [-0.15, -0.1) is 0 Å². The summed E-state index contributed by atoms with van der Waals surface area (Å²) in [5, 5.41) is 3.36. The minimum absolute atomic E-state index is 0.180. The molecule has 5 heteroatoms. The molecule has 1 saturated heterocycles. The van der Waals surface area contributed by atoms with Crippen LogP contribution in [0.1, 0.15) is 30.3 Å². The Bertz CT molecular complexity index is 971. The molecular weight excluding hydrogens is 375 g/mol. The quantitative estimate of drug-likeness (QED) is 0.579. The molecule has 0 atom stereocenters. The minimum atomic E-state index is -0.180. The van der Waals surface area contributed by atoms with Gasteiger partial charge in [-0.1, -0.05) is 37.3 Å². The molecule has 0 saturated carbocycles. The van der Waals surface area contributed by atoms with Gasteiger partial charge in [-0.2, -0.15) is 0 Å². The number of rotatable bonds is 9.